The fourth-order valence-corrected chi connectivity index (χ4v) is 7.97. The van der Waals surface area contributed by atoms with Gasteiger partial charge in [0.05, 0.1) is 26.4 Å². The van der Waals surface area contributed by atoms with Crippen LogP contribution in [-0.4, -0.2) is 66.3 Å². The van der Waals surface area contributed by atoms with Crippen LogP contribution < -0.4 is 0 Å². The Hall–Kier alpha value is -0.800. The van der Waals surface area contributed by atoms with Crippen molar-refractivity contribution in [3.63, 3.8) is 0 Å². The molecule has 0 bridgehead atoms. The summed E-state index contributed by atoms with van der Waals surface area (Å²) in [5, 5.41) is 18.4. The number of carbonyl (C=O) groups excluding carboxylic acids is 1. The van der Waals surface area contributed by atoms with Crippen molar-refractivity contribution in [1.29, 1.82) is 0 Å². The lowest BCUT2D eigenvalue weighted by Gasteiger charge is -2.20. The van der Waals surface area contributed by atoms with Gasteiger partial charge >= 0.3 is 13.8 Å². The molecule has 0 aliphatic heterocycles. The van der Waals surface area contributed by atoms with Crippen LogP contribution in [0.1, 0.15) is 245 Å². The molecule has 0 fully saturated rings. The topological polar surface area (TPSA) is 132 Å². The van der Waals surface area contributed by atoms with E-state index < -0.39 is 33.2 Å². The van der Waals surface area contributed by atoms with Crippen LogP contribution in [0, 0.1) is 0 Å². The first-order chi connectivity index (χ1) is 28.3. The van der Waals surface area contributed by atoms with Gasteiger partial charge in [-0.2, -0.15) is 0 Å². The van der Waals surface area contributed by atoms with Crippen LogP contribution in [0.3, 0.4) is 0 Å². The van der Waals surface area contributed by atoms with Gasteiger partial charge in [-0.3, -0.25) is 13.8 Å². The Morgan fingerprint density at radius 3 is 1.29 bits per heavy atom. The Balaban J connectivity index is 4.07. The monoisotopic (exact) mass is 847 g/mol. The predicted octanol–water partition coefficient (Wildman–Crippen LogP) is 14.0. The molecule has 0 saturated carbocycles. The van der Waals surface area contributed by atoms with E-state index in [-0.39, 0.29) is 25.6 Å². The number of hydrogen-bond acceptors (Lipinski definition) is 8. The Bertz CT molecular complexity index is 918. The molecule has 0 heterocycles. The number of esters is 1. The van der Waals surface area contributed by atoms with Gasteiger partial charge in [0.15, 0.2) is 0 Å². The normalized spacial score (nSPS) is 13.9. The Kier molecular flexibility index (Phi) is 45.1. The molecule has 0 radical (unpaired) electrons. The maximum atomic E-state index is 12.7. The average Bonchev–Trinajstić information content (AvgIpc) is 3.21. The number of aliphatic hydroxyl groups is 2. The van der Waals surface area contributed by atoms with Crippen molar-refractivity contribution in [2.24, 2.45) is 0 Å². The fourth-order valence-electron chi connectivity index (χ4n) is 7.18. The molecule has 0 amide bonds. The van der Waals surface area contributed by atoms with Crippen molar-refractivity contribution in [3.05, 3.63) is 12.2 Å². The molecule has 346 valence electrons. The Morgan fingerprint density at radius 1 is 0.517 bits per heavy atom. The van der Waals surface area contributed by atoms with E-state index in [1.54, 1.807) is 0 Å². The van der Waals surface area contributed by atoms with Gasteiger partial charge in [0.25, 0.3) is 0 Å². The molecule has 0 aliphatic carbocycles. The molecule has 0 aromatic heterocycles. The molecule has 0 rings (SSSR count). The maximum absolute atomic E-state index is 12.7. The number of carbonyl (C=O) groups is 1. The van der Waals surface area contributed by atoms with E-state index >= 15 is 0 Å². The second kappa shape index (κ2) is 45.7. The van der Waals surface area contributed by atoms with E-state index in [9.17, 15) is 19.4 Å². The predicted molar refractivity (Wildman–Crippen MR) is 242 cm³/mol. The first kappa shape index (κ1) is 57.2. The van der Waals surface area contributed by atoms with E-state index in [4.69, 9.17) is 23.6 Å². The largest absolute Gasteiger partial charge is 0.472 e. The third kappa shape index (κ3) is 44.7. The third-order valence-electron chi connectivity index (χ3n) is 11.0. The van der Waals surface area contributed by atoms with Crippen molar-refractivity contribution in [1.82, 2.24) is 0 Å². The summed E-state index contributed by atoms with van der Waals surface area (Å²) in [6.45, 7) is 3.57. The zero-order valence-corrected chi connectivity index (χ0v) is 38.9. The first-order valence-electron chi connectivity index (χ1n) is 24.7. The zero-order valence-electron chi connectivity index (χ0n) is 38.0. The number of allylic oxidation sites excluding steroid dienone is 2. The lowest BCUT2D eigenvalue weighted by atomic mass is 10.0. The molecule has 3 N–H and O–H groups in total. The highest BCUT2D eigenvalue weighted by atomic mass is 31.2. The fraction of sp³-hybridized carbons (Fsp3) is 0.938. The van der Waals surface area contributed by atoms with Crippen LogP contribution in [0.4, 0.5) is 0 Å². The highest BCUT2D eigenvalue weighted by Gasteiger charge is 2.26. The van der Waals surface area contributed by atoms with Gasteiger partial charge < -0.3 is 24.6 Å². The SMILES string of the molecule is CCCCCCCCC/C=C\CCCCCCCCCCOCC(COP(=O)(O)OCC(O)CO)OC(=O)CCCCCCCCCCCCCCCCCCCC. The summed E-state index contributed by atoms with van der Waals surface area (Å²) in [6.07, 6.45) is 47.4. The first-order valence-corrected chi connectivity index (χ1v) is 26.2. The maximum Gasteiger partial charge on any atom is 0.472 e. The molecule has 58 heavy (non-hydrogen) atoms. The molecule has 10 heteroatoms. The number of hydrogen-bond donors (Lipinski definition) is 3. The van der Waals surface area contributed by atoms with Crippen LogP contribution in [0.15, 0.2) is 12.2 Å². The van der Waals surface area contributed by atoms with E-state index in [1.165, 1.54) is 186 Å². The molecule has 9 nitrogen and oxygen atoms in total. The summed E-state index contributed by atoms with van der Waals surface area (Å²) >= 11 is 0. The van der Waals surface area contributed by atoms with Crippen LogP contribution in [0.2, 0.25) is 0 Å². The van der Waals surface area contributed by atoms with Crippen molar-refractivity contribution in [2.45, 2.75) is 257 Å². The van der Waals surface area contributed by atoms with Gasteiger partial charge in [0.2, 0.25) is 0 Å². The van der Waals surface area contributed by atoms with Crippen molar-refractivity contribution in [3.8, 4) is 0 Å². The van der Waals surface area contributed by atoms with Gasteiger partial charge in [0.1, 0.15) is 12.2 Å². The number of ether oxygens (including phenoxy) is 2. The Morgan fingerprint density at radius 2 is 0.879 bits per heavy atom. The summed E-state index contributed by atoms with van der Waals surface area (Å²) in [5.41, 5.74) is 0. The average molecular weight is 847 g/mol. The lowest BCUT2D eigenvalue weighted by Crippen LogP contribution is -2.29. The standard InChI is InChI=1S/C48H95O9P/c1-3-5-7-9-11-13-15-17-19-21-23-25-27-29-31-33-35-37-39-41-54-44-47(45-56-58(52,53)55-43-46(50)42-49)57-48(51)40-38-36-34-32-30-28-26-24-22-20-18-16-14-12-10-8-6-4-2/h19,21,46-47,49-50H,3-18,20,22-45H2,1-2H3,(H,52,53)/b21-19-. The summed E-state index contributed by atoms with van der Waals surface area (Å²) in [6, 6.07) is 0. The van der Waals surface area contributed by atoms with E-state index in [1.807, 2.05) is 0 Å². The van der Waals surface area contributed by atoms with Gasteiger partial charge in [-0.1, -0.05) is 212 Å². The molecule has 0 aliphatic rings. The van der Waals surface area contributed by atoms with Gasteiger partial charge in [-0.05, 0) is 38.5 Å². The molecule has 0 aromatic carbocycles. The number of phosphoric acid groups is 1. The molecule has 0 saturated heterocycles. The van der Waals surface area contributed by atoms with E-state index in [0.717, 1.165) is 38.5 Å². The number of rotatable bonds is 48. The molecule has 3 atom stereocenters. The Labute approximate surface area is 358 Å². The minimum atomic E-state index is -4.52. The van der Waals surface area contributed by atoms with Gasteiger partial charge in [-0.25, -0.2) is 4.57 Å². The van der Waals surface area contributed by atoms with Crippen molar-refractivity contribution >= 4 is 13.8 Å². The molecule has 3 unspecified atom stereocenters. The molecular formula is C48H95O9P. The summed E-state index contributed by atoms with van der Waals surface area (Å²) in [7, 11) is -4.52. The van der Waals surface area contributed by atoms with E-state index in [2.05, 4.69) is 26.0 Å². The molecular weight excluding hydrogens is 751 g/mol. The van der Waals surface area contributed by atoms with Gasteiger partial charge in [-0.15, -0.1) is 0 Å². The van der Waals surface area contributed by atoms with Crippen molar-refractivity contribution < 1.29 is 43.0 Å². The summed E-state index contributed by atoms with van der Waals surface area (Å²) in [4.78, 5) is 22.7. The lowest BCUT2D eigenvalue weighted by molar-refractivity contribution is -0.154. The quantitative estimate of drug-likeness (QED) is 0.0237. The highest BCUT2D eigenvalue weighted by molar-refractivity contribution is 7.47. The number of aliphatic hydroxyl groups excluding tert-OH is 2. The smallest absolute Gasteiger partial charge is 0.457 e. The molecule has 0 spiro atoms. The van der Waals surface area contributed by atoms with Gasteiger partial charge in [0, 0.05) is 13.0 Å². The zero-order chi connectivity index (χ0) is 42.5. The number of unbranched alkanes of at least 4 members (excludes halogenated alkanes) is 32. The highest BCUT2D eigenvalue weighted by Crippen LogP contribution is 2.43. The third-order valence-corrected chi connectivity index (χ3v) is 11.9. The number of phosphoric ester groups is 1. The van der Waals surface area contributed by atoms with Crippen molar-refractivity contribution in [2.75, 3.05) is 33.0 Å². The second-order valence-corrected chi connectivity index (χ2v) is 18.3. The van der Waals surface area contributed by atoms with Crippen LogP contribution in [-0.2, 0) is 27.9 Å². The van der Waals surface area contributed by atoms with Crippen LogP contribution in [0.5, 0.6) is 0 Å². The minimum absolute atomic E-state index is 0.0532. The van der Waals surface area contributed by atoms with Crippen LogP contribution in [0.25, 0.3) is 0 Å². The second-order valence-electron chi connectivity index (χ2n) is 16.8. The molecule has 0 aromatic rings. The summed E-state index contributed by atoms with van der Waals surface area (Å²) < 4.78 is 33.5. The van der Waals surface area contributed by atoms with Crippen LogP contribution >= 0.6 is 7.82 Å². The minimum Gasteiger partial charge on any atom is -0.457 e. The summed E-state index contributed by atoms with van der Waals surface area (Å²) in [5.74, 6) is -0.377. The van der Waals surface area contributed by atoms with E-state index in [0.29, 0.717) is 6.61 Å².